The zero-order valence-electron chi connectivity index (χ0n) is 47.4. The normalized spacial score (nSPS) is 59.3. The molecule has 0 saturated carbocycles. The standard InChI is InChI=1S/C61H86O20/c1-26-13-32-7-9-36-27(2)14-34(66-36)11-12-58-25-61(65)57(81-58)56-55(80-61)54(79-58)53-37(71-56)10-8-33(68-53)15-48(64)74-52-31(6)51-44(70-43(52)16-38(67-32)30(26)5)19-42-46(73-51)22-60(75-42)23-47-50(78-60)29(4)21-59(77-47)20-28(3)49-45(76-59)18-40-41(72-49)17-39(69-40)35(63)24-62/h26,28-29,31-47,49-57,62-63,65H,2,5,7-25H2,1,3-4,6H3. The largest absolute Gasteiger partial charge is 0.459 e. The molecular weight excluding hydrogens is 1050 g/mol. The first-order chi connectivity index (χ1) is 38.9. The van der Waals surface area contributed by atoms with Crippen molar-refractivity contribution in [3.63, 3.8) is 0 Å². The van der Waals surface area contributed by atoms with E-state index < -0.39 is 90.3 Å². The highest BCUT2D eigenvalue weighted by atomic mass is 16.8. The first-order valence-corrected chi connectivity index (χ1v) is 31.5. The Morgan fingerprint density at radius 2 is 1.20 bits per heavy atom. The number of hydrogen-bond acceptors (Lipinski definition) is 20. The van der Waals surface area contributed by atoms with Crippen LogP contribution < -0.4 is 0 Å². The van der Waals surface area contributed by atoms with Gasteiger partial charge in [-0.05, 0) is 73.8 Å². The van der Waals surface area contributed by atoms with E-state index in [-0.39, 0.29) is 135 Å². The molecule has 17 aliphatic heterocycles. The molecule has 17 rings (SSSR count). The van der Waals surface area contributed by atoms with Gasteiger partial charge in [-0.3, -0.25) is 4.79 Å². The zero-order chi connectivity index (χ0) is 55.2. The number of carbonyl (C=O) groups is 1. The van der Waals surface area contributed by atoms with Crippen LogP contribution in [0.1, 0.15) is 143 Å². The fourth-order valence-electron chi connectivity index (χ4n) is 18.9. The van der Waals surface area contributed by atoms with Crippen molar-refractivity contribution in [3.8, 4) is 0 Å². The van der Waals surface area contributed by atoms with Gasteiger partial charge in [0.15, 0.2) is 17.4 Å². The molecule has 3 spiro atoms. The lowest BCUT2D eigenvalue weighted by Gasteiger charge is -2.54. The summed E-state index contributed by atoms with van der Waals surface area (Å²) in [4.78, 5) is 14.6. The molecular formula is C61H86O20. The first kappa shape index (κ1) is 54.6. The van der Waals surface area contributed by atoms with Gasteiger partial charge in [-0.15, -0.1) is 0 Å². The summed E-state index contributed by atoms with van der Waals surface area (Å²) in [6.07, 6.45) is 0.905. The van der Waals surface area contributed by atoms with E-state index in [1.54, 1.807) is 0 Å². The number of rotatable bonds is 2. The molecule has 33 atom stereocenters. The average molecular weight is 1140 g/mol. The van der Waals surface area contributed by atoms with Crippen LogP contribution in [0.3, 0.4) is 0 Å². The van der Waals surface area contributed by atoms with Crippen molar-refractivity contribution in [3.05, 3.63) is 24.3 Å². The third-order valence-corrected chi connectivity index (χ3v) is 22.7. The van der Waals surface area contributed by atoms with Crippen LogP contribution >= 0.6 is 0 Å². The summed E-state index contributed by atoms with van der Waals surface area (Å²) in [6, 6.07) is 0. The van der Waals surface area contributed by atoms with Gasteiger partial charge in [-0.1, -0.05) is 40.9 Å². The predicted octanol–water partition coefficient (Wildman–Crippen LogP) is 4.65. The van der Waals surface area contributed by atoms with Gasteiger partial charge in [0.1, 0.15) is 42.7 Å². The van der Waals surface area contributed by atoms with Crippen molar-refractivity contribution >= 4 is 5.97 Å². The quantitative estimate of drug-likeness (QED) is 0.253. The molecule has 0 amide bonds. The summed E-state index contributed by atoms with van der Waals surface area (Å²) in [7, 11) is 0. The molecule has 17 fully saturated rings. The van der Waals surface area contributed by atoms with Crippen LogP contribution in [-0.4, -0.2) is 204 Å². The summed E-state index contributed by atoms with van der Waals surface area (Å²) in [6.45, 7) is 17.5. The Kier molecular flexibility index (Phi) is 13.4. The molecule has 17 saturated heterocycles. The van der Waals surface area contributed by atoms with Crippen LogP contribution in [-0.2, 0) is 80.6 Å². The van der Waals surface area contributed by atoms with Crippen LogP contribution in [0, 0.1) is 23.7 Å². The number of aliphatic hydroxyl groups is 3. The summed E-state index contributed by atoms with van der Waals surface area (Å²) in [5.41, 5.74) is 2.09. The third kappa shape index (κ3) is 9.12. The molecule has 20 heteroatoms. The smallest absolute Gasteiger partial charge is 0.308 e. The van der Waals surface area contributed by atoms with Gasteiger partial charge in [-0.25, -0.2) is 0 Å². The molecule has 12 bridgehead atoms. The van der Waals surface area contributed by atoms with Gasteiger partial charge in [0, 0.05) is 63.7 Å². The van der Waals surface area contributed by atoms with Crippen LogP contribution in [0.15, 0.2) is 24.3 Å². The van der Waals surface area contributed by atoms with Gasteiger partial charge in [0.25, 0.3) is 0 Å². The molecule has 20 nitrogen and oxygen atoms in total. The van der Waals surface area contributed by atoms with Gasteiger partial charge in [0.2, 0.25) is 5.79 Å². The minimum Gasteiger partial charge on any atom is -0.459 e. The second-order valence-corrected chi connectivity index (χ2v) is 28.3. The van der Waals surface area contributed by atoms with E-state index in [1.807, 2.05) is 0 Å². The molecule has 0 aromatic rings. The van der Waals surface area contributed by atoms with Gasteiger partial charge >= 0.3 is 5.97 Å². The van der Waals surface area contributed by atoms with E-state index in [1.165, 1.54) is 0 Å². The topological polar surface area (TPSA) is 225 Å². The van der Waals surface area contributed by atoms with Crippen molar-refractivity contribution in [2.75, 3.05) is 6.61 Å². The van der Waals surface area contributed by atoms with Crippen LogP contribution in [0.4, 0.5) is 0 Å². The Morgan fingerprint density at radius 1 is 0.519 bits per heavy atom. The highest BCUT2D eigenvalue weighted by Gasteiger charge is 2.75. The van der Waals surface area contributed by atoms with E-state index in [9.17, 15) is 20.1 Å². The number of ether oxygens (including phenoxy) is 16. The Hall–Kier alpha value is -1.77. The molecule has 450 valence electrons. The highest BCUT2D eigenvalue weighted by molar-refractivity contribution is 5.70. The number of carbonyl (C=O) groups excluding carboxylic acids is 1. The van der Waals surface area contributed by atoms with Crippen molar-refractivity contribution < 1.29 is 95.9 Å². The van der Waals surface area contributed by atoms with Crippen LogP contribution in [0.5, 0.6) is 0 Å². The molecule has 81 heavy (non-hydrogen) atoms. The van der Waals surface area contributed by atoms with Gasteiger partial charge in [0.05, 0.1) is 129 Å². The lowest BCUT2D eigenvalue weighted by atomic mass is 9.78. The molecule has 17 heterocycles. The number of aliphatic hydroxyl groups excluding tert-OH is 2. The van der Waals surface area contributed by atoms with Crippen LogP contribution in [0.2, 0.25) is 0 Å². The number of hydrogen-bond donors (Lipinski definition) is 3. The van der Waals surface area contributed by atoms with E-state index >= 15 is 0 Å². The number of fused-ring (bicyclic) bond motifs is 11. The maximum atomic E-state index is 14.6. The maximum absolute atomic E-state index is 14.6. The fraction of sp³-hybridized carbons (Fsp3) is 0.918. The summed E-state index contributed by atoms with van der Waals surface area (Å²) in [5.74, 6) is -4.57. The lowest BCUT2D eigenvalue weighted by molar-refractivity contribution is -0.369. The number of esters is 1. The van der Waals surface area contributed by atoms with Crippen LogP contribution in [0.25, 0.3) is 0 Å². The first-order valence-electron chi connectivity index (χ1n) is 31.5. The molecule has 0 aliphatic carbocycles. The monoisotopic (exact) mass is 1140 g/mol. The summed E-state index contributed by atoms with van der Waals surface area (Å²) in [5, 5.41) is 31.9. The Balaban J connectivity index is 0.630. The lowest BCUT2D eigenvalue weighted by Crippen LogP contribution is -2.62. The summed E-state index contributed by atoms with van der Waals surface area (Å²) < 4.78 is 110. The second-order valence-electron chi connectivity index (χ2n) is 28.3. The molecule has 0 aromatic heterocycles. The minimum atomic E-state index is -1.54. The molecule has 0 aromatic carbocycles. The van der Waals surface area contributed by atoms with Gasteiger partial charge in [-0.2, -0.15) is 0 Å². The average Bonchev–Trinajstić information content (AvgIpc) is 4.24. The third-order valence-electron chi connectivity index (χ3n) is 22.7. The highest BCUT2D eigenvalue weighted by Crippen LogP contribution is 2.60. The summed E-state index contributed by atoms with van der Waals surface area (Å²) >= 11 is 0. The van der Waals surface area contributed by atoms with E-state index in [0.717, 1.165) is 36.8 Å². The van der Waals surface area contributed by atoms with Gasteiger partial charge < -0.3 is 91.1 Å². The van der Waals surface area contributed by atoms with E-state index in [4.69, 9.17) is 75.8 Å². The fourth-order valence-corrected chi connectivity index (χ4v) is 18.9. The molecule has 0 radical (unpaired) electrons. The maximum Gasteiger partial charge on any atom is 0.308 e. The molecule has 3 N–H and O–H groups in total. The molecule has 33 unspecified atom stereocenters. The second kappa shape index (κ2) is 19.9. The van der Waals surface area contributed by atoms with E-state index in [2.05, 4.69) is 40.9 Å². The van der Waals surface area contributed by atoms with Crippen molar-refractivity contribution in [1.82, 2.24) is 0 Å². The molecule has 17 aliphatic rings. The van der Waals surface area contributed by atoms with Crippen molar-refractivity contribution in [1.29, 1.82) is 0 Å². The minimum absolute atomic E-state index is 0.0214. The Morgan fingerprint density at radius 3 is 2.05 bits per heavy atom. The van der Waals surface area contributed by atoms with Crippen molar-refractivity contribution in [2.45, 2.75) is 319 Å². The predicted molar refractivity (Wildman–Crippen MR) is 278 cm³/mol. The Bertz CT molecular complexity index is 2470. The Labute approximate surface area is 474 Å². The van der Waals surface area contributed by atoms with E-state index in [0.29, 0.717) is 77.0 Å². The van der Waals surface area contributed by atoms with Crippen molar-refractivity contribution in [2.24, 2.45) is 23.7 Å². The SMILES string of the molecule is C=C1CC2CCC34CC5(O)OC6C(O3)C3OC(CCC3OC6C5O4)CC(=O)OC3C(CC4OC(CCC1O2)CC(C)C4=C)OC1CC2OC4(CC2OC1C3C)CC1OC2(CC(C)C3OC5CC(C(O)CO)OC5CC3O2)CC(C)C1O4. The zero-order valence-corrected chi connectivity index (χ0v) is 47.4.